The number of fused-ring (bicyclic) bond motifs is 1. The molecule has 40 heavy (non-hydrogen) atoms. The second-order valence-corrected chi connectivity index (χ2v) is 13.0. The van der Waals surface area contributed by atoms with E-state index in [1.807, 2.05) is 31.4 Å². The first-order valence-electron chi connectivity index (χ1n) is 14.0. The molecule has 214 valence electrons. The number of sulfonamides is 1. The van der Waals surface area contributed by atoms with Crippen molar-refractivity contribution in [1.82, 2.24) is 9.29 Å². The van der Waals surface area contributed by atoms with Crippen molar-refractivity contribution in [3.05, 3.63) is 48.2 Å². The minimum atomic E-state index is -3.82. The Morgan fingerprint density at radius 1 is 0.975 bits per heavy atom. The first-order chi connectivity index (χ1) is 19.3. The van der Waals surface area contributed by atoms with Gasteiger partial charge in [0, 0.05) is 57.0 Å². The van der Waals surface area contributed by atoms with E-state index >= 15 is 0 Å². The van der Waals surface area contributed by atoms with E-state index in [9.17, 15) is 13.2 Å². The number of carbonyl (C=O) groups is 1. The largest absolute Gasteiger partial charge is 0.395 e. The normalized spacial score (nSPS) is 18.9. The average Bonchev–Trinajstić information content (AvgIpc) is 3.62. The highest BCUT2D eigenvalue weighted by Gasteiger charge is 2.44. The van der Waals surface area contributed by atoms with Crippen molar-refractivity contribution in [2.24, 2.45) is 12.5 Å². The van der Waals surface area contributed by atoms with E-state index in [4.69, 9.17) is 9.84 Å². The number of amides is 1. The molecule has 0 radical (unpaired) electrons. The van der Waals surface area contributed by atoms with Gasteiger partial charge in [-0.25, -0.2) is 13.1 Å². The van der Waals surface area contributed by atoms with Crippen LogP contribution in [-0.4, -0.2) is 76.5 Å². The topological polar surface area (TPSA) is 116 Å². The molecule has 2 aliphatic heterocycles. The highest BCUT2D eigenvalue weighted by Crippen LogP contribution is 2.54. The van der Waals surface area contributed by atoms with Gasteiger partial charge in [0.2, 0.25) is 10.0 Å². The Balaban J connectivity index is 1.33. The summed E-state index contributed by atoms with van der Waals surface area (Å²) in [6.45, 7) is 4.07. The minimum absolute atomic E-state index is 0.0699. The SMILES string of the molecule is Cn1ccc2cc(NC(=O)c3ccc(S(=O)(=O)NCCO)cc3N3CCC4(CC3)CC4)cc(N3CCOCC3)c21. The smallest absolute Gasteiger partial charge is 0.257 e. The number of aryl methyl sites for hydroxylation is 1. The molecule has 3 N–H and O–H groups in total. The number of aromatic nitrogens is 1. The zero-order valence-corrected chi connectivity index (χ0v) is 23.7. The van der Waals surface area contributed by atoms with Gasteiger partial charge in [0.25, 0.3) is 5.91 Å². The number of morpholine rings is 1. The Hall–Kier alpha value is -3.12. The number of carbonyl (C=O) groups excluding carboxylic acids is 1. The van der Waals surface area contributed by atoms with Crippen molar-refractivity contribution in [2.75, 3.05) is 67.7 Å². The van der Waals surface area contributed by atoms with E-state index in [-0.39, 0.29) is 24.0 Å². The first-order valence-corrected chi connectivity index (χ1v) is 15.5. The van der Waals surface area contributed by atoms with Gasteiger partial charge in [0.05, 0.1) is 47.2 Å². The lowest BCUT2D eigenvalue weighted by Gasteiger charge is -2.35. The molecule has 10 nitrogen and oxygen atoms in total. The summed E-state index contributed by atoms with van der Waals surface area (Å²) < 4.78 is 35.8. The predicted molar refractivity (Wildman–Crippen MR) is 156 cm³/mol. The van der Waals surface area contributed by atoms with Crippen molar-refractivity contribution in [3.63, 3.8) is 0 Å². The predicted octanol–water partition coefficient (Wildman–Crippen LogP) is 2.92. The molecule has 3 aromatic rings. The quantitative estimate of drug-likeness (QED) is 0.383. The van der Waals surface area contributed by atoms with Crippen molar-refractivity contribution >= 4 is 43.9 Å². The molecule has 1 aromatic heterocycles. The van der Waals surface area contributed by atoms with Gasteiger partial charge < -0.3 is 29.5 Å². The standard InChI is InChI=1S/C29H37N5O5S/c1-32-10-4-21-18-22(19-26(27(21)32)34-13-16-39-17-14-34)31-28(36)24-3-2-23(40(37,38)30-9-15-35)20-25(24)33-11-7-29(5-6-29)8-12-33/h2-4,10,18-20,30,35H,5-9,11-17H2,1H3,(H,31,36). The van der Waals surface area contributed by atoms with E-state index in [2.05, 4.69) is 24.4 Å². The van der Waals surface area contributed by atoms with E-state index in [0.717, 1.165) is 55.6 Å². The summed E-state index contributed by atoms with van der Waals surface area (Å²) in [4.78, 5) is 18.3. The third kappa shape index (κ3) is 5.30. The molecule has 0 atom stereocenters. The number of nitrogens with zero attached hydrogens (tertiary/aromatic N) is 3. The number of aliphatic hydroxyl groups is 1. The number of aliphatic hydroxyl groups excluding tert-OH is 1. The molecule has 3 aliphatic rings. The van der Waals surface area contributed by atoms with Crippen LogP contribution < -0.4 is 19.8 Å². The molecule has 2 aromatic carbocycles. The molecule has 1 amide bonds. The monoisotopic (exact) mass is 567 g/mol. The highest BCUT2D eigenvalue weighted by atomic mass is 32.2. The van der Waals surface area contributed by atoms with Gasteiger partial charge in [-0.2, -0.15) is 0 Å². The van der Waals surface area contributed by atoms with Gasteiger partial charge in [-0.15, -0.1) is 0 Å². The molecule has 1 spiro atoms. The number of ether oxygens (including phenoxy) is 1. The van der Waals surface area contributed by atoms with Gasteiger partial charge >= 0.3 is 0 Å². The fraction of sp³-hybridized carbons (Fsp3) is 0.483. The van der Waals surface area contributed by atoms with E-state index in [0.29, 0.717) is 35.6 Å². The summed E-state index contributed by atoms with van der Waals surface area (Å²) >= 11 is 0. The maximum Gasteiger partial charge on any atom is 0.257 e. The van der Waals surface area contributed by atoms with Gasteiger partial charge in [0.1, 0.15) is 0 Å². The molecule has 3 heterocycles. The average molecular weight is 568 g/mol. The van der Waals surface area contributed by atoms with Crippen LogP contribution in [0.1, 0.15) is 36.0 Å². The Bertz CT molecular complexity index is 1520. The van der Waals surface area contributed by atoms with Gasteiger partial charge in [-0.3, -0.25) is 4.79 Å². The molecule has 0 unspecified atom stereocenters. The second-order valence-electron chi connectivity index (χ2n) is 11.2. The number of rotatable bonds is 8. The summed E-state index contributed by atoms with van der Waals surface area (Å²) in [7, 11) is -1.80. The molecule has 11 heteroatoms. The van der Waals surface area contributed by atoms with Crippen molar-refractivity contribution in [1.29, 1.82) is 0 Å². The molecule has 1 aliphatic carbocycles. The van der Waals surface area contributed by atoms with Crippen LogP contribution in [-0.2, 0) is 21.8 Å². The fourth-order valence-corrected chi connectivity index (χ4v) is 7.07. The maximum atomic E-state index is 13.8. The van der Waals surface area contributed by atoms with E-state index in [1.54, 1.807) is 12.1 Å². The van der Waals surface area contributed by atoms with Crippen molar-refractivity contribution in [3.8, 4) is 0 Å². The third-order valence-corrected chi connectivity index (χ3v) is 10.1. The maximum absolute atomic E-state index is 13.8. The molecule has 3 fully saturated rings. The molecular formula is C29H37N5O5S. The number of anilines is 3. The summed E-state index contributed by atoms with van der Waals surface area (Å²) in [5.74, 6) is -0.280. The van der Waals surface area contributed by atoms with E-state index < -0.39 is 10.0 Å². The van der Waals surface area contributed by atoms with Crippen LogP contribution in [0.5, 0.6) is 0 Å². The van der Waals surface area contributed by atoms with Crippen LogP contribution in [0.3, 0.4) is 0 Å². The lowest BCUT2D eigenvalue weighted by atomic mass is 9.93. The molecular weight excluding hydrogens is 530 g/mol. The summed E-state index contributed by atoms with van der Waals surface area (Å²) in [5.41, 5.74) is 4.33. The van der Waals surface area contributed by atoms with Gasteiger partial charge in [0.15, 0.2) is 0 Å². The Morgan fingerprint density at radius 3 is 2.40 bits per heavy atom. The van der Waals surface area contributed by atoms with Crippen molar-refractivity contribution in [2.45, 2.75) is 30.6 Å². The summed E-state index contributed by atoms with van der Waals surface area (Å²) in [5, 5.41) is 13.3. The highest BCUT2D eigenvalue weighted by molar-refractivity contribution is 7.89. The van der Waals surface area contributed by atoms with Crippen LogP contribution >= 0.6 is 0 Å². The zero-order chi connectivity index (χ0) is 27.9. The van der Waals surface area contributed by atoms with Crippen molar-refractivity contribution < 1.29 is 23.1 Å². The van der Waals surface area contributed by atoms with Crippen LogP contribution in [0.4, 0.5) is 17.1 Å². The number of hydrogen-bond acceptors (Lipinski definition) is 7. The Labute approximate surface area is 234 Å². The molecule has 1 saturated carbocycles. The molecule has 6 rings (SSSR count). The van der Waals surface area contributed by atoms with Crippen LogP contribution in [0.2, 0.25) is 0 Å². The first kappa shape index (κ1) is 27.1. The fourth-order valence-electron chi connectivity index (χ4n) is 6.03. The minimum Gasteiger partial charge on any atom is -0.395 e. The third-order valence-electron chi connectivity index (χ3n) is 8.61. The van der Waals surface area contributed by atoms with E-state index in [1.165, 1.54) is 18.9 Å². The Kier molecular flexibility index (Phi) is 7.24. The lowest BCUT2D eigenvalue weighted by molar-refractivity contribution is 0.102. The lowest BCUT2D eigenvalue weighted by Crippen LogP contribution is -2.36. The summed E-state index contributed by atoms with van der Waals surface area (Å²) in [6, 6.07) is 10.7. The number of hydrogen-bond donors (Lipinski definition) is 3. The summed E-state index contributed by atoms with van der Waals surface area (Å²) in [6.07, 6.45) is 6.61. The number of nitrogens with one attached hydrogen (secondary N) is 2. The molecule has 0 bridgehead atoms. The van der Waals surface area contributed by atoms with Crippen LogP contribution in [0.25, 0.3) is 10.9 Å². The van der Waals surface area contributed by atoms with Gasteiger partial charge in [-0.05, 0) is 67.5 Å². The van der Waals surface area contributed by atoms with Gasteiger partial charge in [-0.1, -0.05) is 0 Å². The Morgan fingerprint density at radius 2 is 1.70 bits per heavy atom. The second kappa shape index (κ2) is 10.7. The molecule has 2 saturated heterocycles. The zero-order valence-electron chi connectivity index (χ0n) is 22.9. The van der Waals surface area contributed by atoms with Crippen LogP contribution in [0, 0.1) is 5.41 Å². The number of benzene rings is 2. The van der Waals surface area contributed by atoms with Crippen LogP contribution in [0.15, 0.2) is 47.5 Å². The number of piperidine rings is 1.